The van der Waals surface area contributed by atoms with Crippen LogP contribution >= 0.6 is 0 Å². The maximum Gasteiger partial charge on any atom is 0.148 e. The SMILES string of the molecule is CC(C)CC(N)c1nc(N2CCC2)c2cc(-c3ccncc3)ccc2n1. The van der Waals surface area contributed by atoms with Crippen LogP contribution in [0.5, 0.6) is 0 Å². The van der Waals surface area contributed by atoms with E-state index in [1.165, 1.54) is 6.42 Å². The Hall–Kier alpha value is -2.53. The average molecular weight is 347 g/mol. The number of fused-ring (bicyclic) bond motifs is 1. The summed E-state index contributed by atoms with van der Waals surface area (Å²) in [5.41, 5.74) is 9.66. The summed E-state index contributed by atoms with van der Waals surface area (Å²) >= 11 is 0. The lowest BCUT2D eigenvalue weighted by atomic mass is 10.0. The van der Waals surface area contributed by atoms with E-state index in [0.29, 0.717) is 5.92 Å². The summed E-state index contributed by atoms with van der Waals surface area (Å²) in [6, 6.07) is 10.3. The van der Waals surface area contributed by atoms with Crippen molar-refractivity contribution in [1.29, 1.82) is 0 Å². The summed E-state index contributed by atoms with van der Waals surface area (Å²) in [4.78, 5) is 16.1. The van der Waals surface area contributed by atoms with Crippen LogP contribution in [0.3, 0.4) is 0 Å². The fourth-order valence-electron chi connectivity index (χ4n) is 3.40. The van der Waals surface area contributed by atoms with Crippen LogP contribution in [-0.2, 0) is 0 Å². The lowest BCUT2D eigenvalue weighted by Gasteiger charge is -2.33. The molecule has 1 saturated heterocycles. The van der Waals surface area contributed by atoms with E-state index in [2.05, 4.69) is 41.9 Å². The van der Waals surface area contributed by atoms with Crippen LogP contribution < -0.4 is 10.6 Å². The third-order valence-electron chi connectivity index (χ3n) is 4.92. The Morgan fingerprint density at radius 2 is 1.81 bits per heavy atom. The van der Waals surface area contributed by atoms with E-state index in [-0.39, 0.29) is 6.04 Å². The molecule has 0 amide bonds. The van der Waals surface area contributed by atoms with Gasteiger partial charge >= 0.3 is 0 Å². The van der Waals surface area contributed by atoms with E-state index in [1.54, 1.807) is 0 Å². The van der Waals surface area contributed by atoms with Crippen molar-refractivity contribution in [2.45, 2.75) is 32.7 Å². The molecule has 3 aromatic rings. The van der Waals surface area contributed by atoms with E-state index in [1.807, 2.05) is 24.5 Å². The molecule has 5 nitrogen and oxygen atoms in total. The molecule has 1 aliphatic heterocycles. The van der Waals surface area contributed by atoms with Gasteiger partial charge in [-0.1, -0.05) is 19.9 Å². The van der Waals surface area contributed by atoms with Gasteiger partial charge in [-0.2, -0.15) is 0 Å². The third-order valence-corrected chi connectivity index (χ3v) is 4.92. The predicted octanol–water partition coefficient (Wildman–Crippen LogP) is 3.95. The first-order chi connectivity index (χ1) is 12.6. The predicted molar refractivity (Wildman–Crippen MR) is 106 cm³/mol. The summed E-state index contributed by atoms with van der Waals surface area (Å²) in [6.07, 6.45) is 5.74. The van der Waals surface area contributed by atoms with Gasteiger partial charge in [0.25, 0.3) is 0 Å². The third kappa shape index (κ3) is 3.27. The van der Waals surface area contributed by atoms with Crippen LogP contribution in [0.15, 0.2) is 42.7 Å². The van der Waals surface area contributed by atoms with Crippen molar-refractivity contribution in [1.82, 2.24) is 15.0 Å². The quantitative estimate of drug-likeness (QED) is 0.757. The number of nitrogens with zero attached hydrogens (tertiary/aromatic N) is 4. The summed E-state index contributed by atoms with van der Waals surface area (Å²) in [5, 5.41) is 1.10. The molecule has 0 saturated carbocycles. The standard InChI is InChI=1S/C21H25N5/c1-14(2)12-18(22)20-24-19-5-4-16(15-6-8-23-9-7-15)13-17(19)21(25-20)26-10-3-11-26/h4-9,13-14,18H,3,10-12,22H2,1-2H3. The van der Waals surface area contributed by atoms with Gasteiger partial charge < -0.3 is 10.6 Å². The van der Waals surface area contributed by atoms with Gasteiger partial charge in [0.2, 0.25) is 0 Å². The second-order valence-electron chi connectivity index (χ2n) is 7.45. The van der Waals surface area contributed by atoms with Crippen molar-refractivity contribution >= 4 is 16.7 Å². The first-order valence-electron chi connectivity index (χ1n) is 9.34. The lowest BCUT2D eigenvalue weighted by molar-refractivity contribution is 0.493. The van der Waals surface area contributed by atoms with E-state index >= 15 is 0 Å². The zero-order valence-electron chi connectivity index (χ0n) is 15.4. The number of benzene rings is 1. The molecule has 2 N–H and O–H groups in total. The second kappa shape index (κ2) is 7.00. The fraction of sp³-hybridized carbons (Fsp3) is 0.381. The molecule has 0 bridgehead atoms. The number of hydrogen-bond acceptors (Lipinski definition) is 5. The Kier molecular flexibility index (Phi) is 4.55. The fourth-order valence-corrected chi connectivity index (χ4v) is 3.40. The number of anilines is 1. The maximum atomic E-state index is 6.39. The van der Waals surface area contributed by atoms with Gasteiger partial charge in [0.05, 0.1) is 11.6 Å². The maximum absolute atomic E-state index is 6.39. The van der Waals surface area contributed by atoms with Crippen molar-refractivity contribution < 1.29 is 0 Å². The van der Waals surface area contributed by atoms with Crippen molar-refractivity contribution in [3.63, 3.8) is 0 Å². The van der Waals surface area contributed by atoms with Crippen molar-refractivity contribution in [2.24, 2.45) is 11.7 Å². The van der Waals surface area contributed by atoms with Gasteiger partial charge in [-0.25, -0.2) is 9.97 Å². The first-order valence-corrected chi connectivity index (χ1v) is 9.34. The minimum Gasteiger partial charge on any atom is -0.356 e. The minimum atomic E-state index is -0.126. The Morgan fingerprint density at radius 1 is 1.04 bits per heavy atom. The Morgan fingerprint density at radius 3 is 2.46 bits per heavy atom. The topological polar surface area (TPSA) is 67.9 Å². The van der Waals surface area contributed by atoms with Gasteiger partial charge in [0, 0.05) is 30.9 Å². The van der Waals surface area contributed by atoms with Crippen molar-refractivity contribution in [2.75, 3.05) is 18.0 Å². The molecular weight excluding hydrogens is 322 g/mol. The molecule has 26 heavy (non-hydrogen) atoms. The monoisotopic (exact) mass is 347 g/mol. The molecule has 1 aliphatic rings. The number of hydrogen-bond donors (Lipinski definition) is 1. The number of aromatic nitrogens is 3. The van der Waals surface area contributed by atoms with Crippen molar-refractivity contribution in [3.05, 3.63) is 48.5 Å². The average Bonchev–Trinajstić information content (AvgIpc) is 2.60. The zero-order chi connectivity index (χ0) is 18.1. The molecule has 1 aromatic carbocycles. The molecule has 134 valence electrons. The van der Waals surface area contributed by atoms with Crippen LogP contribution in [0.25, 0.3) is 22.0 Å². The van der Waals surface area contributed by atoms with Crippen LogP contribution in [0.1, 0.15) is 38.6 Å². The largest absolute Gasteiger partial charge is 0.356 e. The molecule has 3 heterocycles. The highest BCUT2D eigenvalue weighted by atomic mass is 15.2. The molecule has 2 aromatic heterocycles. The molecule has 0 radical (unpaired) electrons. The second-order valence-corrected chi connectivity index (χ2v) is 7.45. The summed E-state index contributed by atoms with van der Waals surface area (Å²) in [6.45, 7) is 6.45. The Balaban J connectivity index is 1.82. The van der Waals surface area contributed by atoms with Crippen LogP contribution in [0, 0.1) is 5.92 Å². The number of rotatable bonds is 5. The lowest BCUT2D eigenvalue weighted by Crippen LogP contribution is -2.38. The highest BCUT2D eigenvalue weighted by molar-refractivity contribution is 5.93. The Bertz CT molecular complexity index is 903. The molecule has 0 spiro atoms. The van der Waals surface area contributed by atoms with E-state index in [4.69, 9.17) is 15.7 Å². The normalized spacial score (nSPS) is 15.3. The van der Waals surface area contributed by atoms with Crippen LogP contribution in [0.2, 0.25) is 0 Å². The molecule has 5 heteroatoms. The first kappa shape index (κ1) is 16.9. The van der Waals surface area contributed by atoms with E-state index in [0.717, 1.165) is 53.2 Å². The molecule has 0 aliphatic carbocycles. The van der Waals surface area contributed by atoms with Gasteiger partial charge in [0.1, 0.15) is 11.6 Å². The minimum absolute atomic E-state index is 0.126. The molecular formula is C21H25N5. The van der Waals surface area contributed by atoms with Gasteiger partial charge in [-0.15, -0.1) is 0 Å². The molecule has 1 fully saturated rings. The molecule has 1 unspecified atom stereocenters. The highest BCUT2D eigenvalue weighted by Gasteiger charge is 2.22. The van der Waals surface area contributed by atoms with Crippen LogP contribution in [0.4, 0.5) is 5.82 Å². The summed E-state index contributed by atoms with van der Waals surface area (Å²) in [7, 11) is 0. The van der Waals surface area contributed by atoms with Crippen LogP contribution in [-0.4, -0.2) is 28.0 Å². The number of nitrogens with two attached hydrogens (primary N) is 1. The van der Waals surface area contributed by atoms with Gasteiger partial charge in [0.15, 0.2) is 0 Å². The molecule has 4 rings (SSSR count). The number of pyridine rings is 1. The van der Waals surface area contributed by atoms with Gasteiger partial charge in [-0.05, 0) is 54.2 Å². The Labute approximate surface area is 154 Å². The highest BCUT2D eigenvalue weighted by Crippen LogP contribution is 2.32. The van der Waals surface area contributed by atoms with E-state index in [9.17, 15) is 0 Å². The smallest absolute Gasteiger partial charge is 0.148 e. The molecule has 1 atom stereocenters. The zero-order valence-corrected chi connectivity index (χ0v) is 15.4. The van der Waals surface area contributed by atoms with Gasteiger partial charge in [-0.3, -0.25) is 4.98 Å². The van der Waals surface area contributed by atoms with Crippen molar-refractivity contribution in [3.8, 4) is 11.1 Å². The summed E-state index contributed by atoms with van der Waals surface area (Å²) < 4.78 is 0. The van der Waals surface area contributed by atoms with E-state index < -0.39 is 0 Å². The summed E-state index contributed by atoms with van der Waals surface area (Å²) in [5.74, 6) is 2.29.